The number of unbranched alkanes of at least 4 members (excludes halogenated alkanes) is 3. The lowest BCUT2D eigenvalue weighted by molar-refractivity contribution is 0.0805. The van der Waals surface area contributed by atoms with Gasteiger partial charge in [0.15, 0.2) is 0 Å². The van der Waals surface area contributed by atoms with Crippen molar-refractivity contribution < 1.29 is 4.79 Å². The molecule has 0 saturated carbocycles. The molecule has 0 spiro atoms. The first kappa shape index (κ1) is 52.1. The van der Waals surface area contributed by atoms with E-state index in [1.54, 1.807) is 0 Å². The molecule has 0 aliphatic carbocycles. The van der Waals surface area contributed by atoms with Gasteiger partial charge in [0, 0.05) is 101 Å². The summed E-state index contributed by atoms with van der Waals surface area (Å²) < 4.78 is 0. The zero-order valence-electron chi connectivity index (χ0n) is 45.0. The van der Waals surface area contributed by atoms with Crippen molar-refractivity contribution in [1.29, 1.82) is 0 Å². The summed E-state index contributed by atoms with van der Waals surface area (Å²) in [4.78, 5) is 42.1. The largest absolute Gasteiger partial charge is 0.338 e. The van der Waals surface area contributed by atoms with E-state index in [-0.39, 0.29) is 68.5 Å². The van der Waals surface area contributed by atoms with Crippen molar-refractivity contribution in [3.05, 3.63) is 5.82 Å². The molecule has 5 saturated heterocycles. The maximum absolute atomic E-state index is 14.3. The number of hydrogen-bond donors (Lipinski definition) is 4. The smallest absolute Gasteiger partial charge is 0.320 e. The third kappa shape index (κ3) is 14.1. The maximum Gasteiger partial charge on any atom is 0.320 e. The van der Waals surface area contributed by atoms with Gasteiger partial charge in [-0.3, -0.25) is 0 Å². The van der Waals surface area contributed by atoms with Gasteiger partial charge >= 0.3 is 6.03 Å². The normalized spacial score (nSPS) is 26.5. The van der Waals surface area contributed by atoms with Crippen LogP contribution in [0.5, 0.6) is 0 Å². The monoisotopic (exact) mass is 907 g/mol. The van der Waals surface area contributed by atoms with Crippen molar-refractivity contribution in [1.82, 2.24) is 50.9 Å². The van der Waals surface area contributed by atoms with Crippen molar-refractivity contribution in [3.63, 3.8) is 0 Å². The number of aryl methyl sites for hydroxylation is 1. The minimum atomic E-state index is -0.0711. The van der Waals surface area contributed by atoms with Gasteiger partial charge in [-0.1, -0.05) is 12.8 Å². The van der Waals surface area contributed by atoms with Crippen LogP contribution >= 0.6 is 0 Å². The first-order valence-electron chi connectivity index (χ1n) is 25.9. The van der Waals surface area contributed by atoms with Crippen molar-refractivity contribution in [2.75, 3.05) is 56.1 Å². The molecule has 5 aliphatic heterocycles. The summed E-state index contributed by atoms with van der Waals surface area (Å²) in [6.07, 6.45) is 13.0. The van der Waals surface area contributed by atoms with E-state index in [0.717, 1.165) is 88.8 Å². The van der Waals surface area contributed by atoms with E-state index in [0.29, 0.717) is 19.1 Å². The SMILES string of the molecule is Cc1nc(N(CCCCCCN(C)C2CC(C)(C)NC(C)(C)C2)C2CC(C)(C)NC(C)(C)C2)nc(N(CCN2CCN(C3CC(C)(C)NC(C)(C)C3)C2=O)C2CC(C)(C)NC(C)(C)C2)n1. The Balaban J connectivity index is 1.22. The minimum absolute atomic E-state index is 0.0214. The number of nitrogens with one attached hydrogen (secondary N) is 4. The second-order valence-corrected chi connectivity index (χ2v) is 27.0. The van der Waals surface area contributed by atoms with Gasteiger partial charge in [0.25, 0.3) is 0 Å². The number of urea groups is 1. The highest BCUT2D eigenvalue weighted by Crippen LogP contribution is 2.38. The molecular formula is C52H98N12O. The van der Waals surface area contributed by atoms with E-state index in [1.165, 1.54) is 32.1 Å². The van der Waals surface area contributed by atoms with Gasteiger partial charge < -0.3 is 45.8 Å². The molecule has 0 aromatic carbocycles. The number of nitrogens with zero attached hydrogens (tertiary/aromatic N) is 8. The molecule has 13 nitrogen and oxygen atoms in total. The highest BCUT2D eigenvalue weighted by Gasteiger charge is 2.46. The Bertz CT molecular complexity index is 1720. The molecule has 0 radical (unpaired) electrons. The lowest BCUT2D eigenvalue weighted by Crippen LogP contribution is -2.63. The minimum Gasteiger partial charge on any atom is -0.338 e. The number of carbonyl (C=O) groups excluding carboxylic acids is 1. The summed E-state index contributed by atoms with van der Waals surface area (Å²) in [5.74, 6) is 2.31. The number of aromatic nitrogens is 3. The van der Waals surface area contributed by atoms with Gasteiger partial charge in [-0.25, -0.2) is 4.79 Å². The fraction of sp³-hybridized carbons (Fsp3) is 0.923. The number of piperidine rings is 4. The Kier molecular flexibility index (Phi) is 15.1. The molecule has 0 bridgehead atoms. The topological polar surface area (TPSA) is 120 Å². The zero-order valence-corrected chi connectivity index (χ0v) is 45.0. The van der Waals surface area contributed by atoms with Gasteiger partial charge in [0.1, 0.15) is 5.82 Å². The van der Waals surface area contributed by atoms with Gasteiger partial charge in [0.05, 0.1) is 0 Å². The Labute approximate surface area is 397 Å². The molecule has 0 unspecified atom stereocenters. The predicted molar refractivity (Wildman–Crippen MR) is 271 cm³/mol. The standard InChI is InChI=1S/C52H98N12O/c1-37-53-42(62(39-31-47(6,7)57-48(8,9)32-39)24-22-20-19-21-23-60(18)38-29-45(2,3)56-46(4,5)30-38)55-43(54-37)63(40-33-49(10,11)58-50(12,13)34-40)27-25-61-26-28-64(44(61)65)41-35-51(14,15)59-52(16,17)36-41/h38-41,56-59H,19-36H2,1-18H3. The lowest BCUT2D eigenvalue weighted by Gasteiger charge is -2.50. The van der Waals surface area contributed by atoms with Crippen LogP contribution in [0.15, 0.2) is 0 Å². The zero-order chi connectivity index (χ0) is 48.2. The van der Waals surface area contributed by atoms with Crippen LogP contribution < -0.4 is 31.1 Å². The van der Waals surface area contributed by atoms with Gasteiger partial charge in [-0.15, -0.1) is 0 Å². The van der Waals surface area contributed by atoms with Gasteiger partial charge in [0.2, 0.25) is 11.9 Å². The summed E-state index contributed by atoms with van der Waals surface area (Å²) in [6.45, 7) is 44.1. The van der Waals surface area contributed by atoms with Crippen LogP contribution in [0.3, 0.4) is 0 Å². The van der Waals surface area contributed by atoms with Crippen molar-refractivity contribution in [2.45, 2.75) is 263 Å². The van der Waals surface area contributed by atoms with E-state index >= 15 is 0 Å². The molecule has 372 valence electrons. The molecule has 6 rings (SSSR count). The fourth-order valence-corrected chi connectivity index (χ4v) is 14.2. The first-order chi connectivity index (χ1) is 29.7. The second-order valence-electron chi connectivity index (χ2n) is 27.0. The third-order valence-corrected chi connectivity index (χ3v) is 15.3. The average Bonchev–Trinajstić information content (AvgIpc) is 3.45. The number of hydrogen-bond acceptors (Lipinski definition) is 11. The van der Waals surface area contributed by atoms with Crippen molar-refractivity contribution >= 4 is 17.9 Å². The van der Waals surface area contributed by atoms with Crippen LogP contribution in [-0.2, 0) is 0 Å². The lowest BCUT2D eigenvalue weighted by atomic mass is 9.79. The predicted octanol–water partition coefficient (Wildman–Crippen LogP) is 8.26. The summed E-state index contributed by atoms with van der Waals surface area (Å²) in [5, 5.41) is 15.5. The van der Waals surface area contributed by atoms with E-state index in [2.05, 4.69) is 164 Å². The van der Waals surface area contributed by atoms with Crippen molar-refractivity contribution in [3.8, 4) is 0 Å². The average molecular weight is 907 g/mol. The molecule has 1 aromatic rings. The van der Waals surface area contributed by atoms with Crippen molar-refractivity contribution in [2.24, 2.45) is 0 Å². The number of anilines is 2. The van der Waals surface area contributed by atoms with Crippen LogP contribution in [0.25, 0.3) is 0 Å². The summed E-state index contributed by atoms with van der Waals surface area (Å²) in [7, 11) is 2.34. The highest BCUT2D eigenvalue weighted by atomic mass is 16.2. The molecule has 6 heterocycles. The van der Waals surface area contributed by atoms with Crippen LogP contribution in [0.4, 0.5) is 16.7 Å². The van der Waals surface area contributed by atoms with E-state index < -0.39 is 0 Å². The molecule has 13 heteroatoms. The van der Waals surface area contributed by atoms with E-state index in [1.807, 2.05) is 6.92 Å². The highest BCUT2D eigenvalue weighted by molar-refractivity contribution is 5.77. The number of rotatable bonds is 16. The molecule has 0 atom stereocenters. The second kappa shape index (κ2) is 18.9. The van der Waals surface area contributed by atoms with E-state index in [9.17, 15) is 4.79 Å². The molecule has 5 fully saturated rings. The summed E-state index contributed by atoms with van der Waals surface area (Å²) >= 11 is 0. The molecule has 1 aromatic heterocycles. The molecule has 4 N–H and O–H groups in total. The van der Waals surface area contributed by atoms with Gasteiger partial charge in [-0.2, -0.15) is 15.0 Å². The van der Waals surface area contributed by atoms with E-state index in [4.69, 9.17) is 15.0 Å². The Hall–Kier alpha value is -2.32. The van der Waals surface area contributed by atoms with Gasteiger partial charge in [-0.05, 0) is 196 Å². The summed E-state index contributed by atoms with van der Waals surface area (Å²) in [5.41, 5.74) is 0.0849. The Morgan fingerprint density at radius 3 is 1.29 bits per heavy atom. The quantitative estimate of drug-likeness (QED) is 0.120. The fourth-order valence-electron chi connectivity index (χ4n) is 14.2. The summed E-state index contributed by atoms with van der Waals surface area (Å²) in [6, 6.07) is 1.50. The van der Waals surface area contributed by atoms with Crippen LogP contribution in [0, 0.1) is 6.92 Å². The van der Waals surface area contributed by atoms with Crippen LogP contribution in [-0.4, -0.2) is 150 Å². The molecular weight excluding hydrogens is 809 g/mol. The van der Waals surface area contributed by atoms with Crippen LogP contribution in [0.1, 0.15) is 194 Å². The number of carbonyl (C=O) groups is 1. The van der Waals surface area contributed by atoms with Crippen LogP contribution in [0.2, 0.25) is 0 Å². The molecule has 65 heavy (non-hydrogen) atoms. The molecule has 2 amide bonds. The number of amides is 2. The Morgan fingerprint density at radius 1 is 0.492 bits per heavy atom. The maximum atomic E-state index is 14.3. The molecule has 5 aliphatic rings. The third-order valence-electron chi connectivity index (χ3n) is 15.3. The Morgan fingerprint density at radius 2 is 0.862 bits per heavy atom. The first-order valence-corrected chi connectivity index (χ1v) is 25.9.